The first-order chi connectivity index (χ1) is 10.1. The summed E-state index contributed by atoms with van der Waals surface area (Å²) in [6, 6.07) is 11.1. The van der Waals surface area contributed by atoms with Gasteiger partial charge in [-0.3, -0.25) is 4.98 Å². The zero-order valence-corrected chi connectivity index (χ0v) is 12.5. The first-order valence-electron chi connectivity index (χ1n) is 6.73. The van der Waals surface area contributed by atoms with Crippen molar-refractivity contribution in [3.63, 3.8) is 0 Å². The highest BCUT2D eigenvalue weighted by molar-refractivity contribution is 7.88. The van der Waals surface area contributed by atoms with Crippen molar-refractivity contribution in [3.8, 4) is 0 Å². The Bertz CT molecular complexity index is 672. The maximum Gasteiger partial charge on any atom is 0.215 e. The molecule has 1 aromatic heterocycles. The third-order valence-electron chi connectivity index (χ3n) is 3.07. The minimum absolute atomic E-state index is 0.0306. The zero-order chi connectivity index (χ0) is 15.1. The van der Waals surface area contributed by atoms with Gasteiger partial charge in [0.2, 0.25) is 10.0 Å². The second-order valence-electron chi connectivity index (χ2n) is 4.78. The number of hydrogen-bond donors (Lipinski definition) is 2. The van der Waals surface area contributed by atoms with Gasteiger partial charge in [-0.2, -0.15) is 0 Å². The Labute approximate surface area is 125 Å². The fraction of sp³-hybridized carbons (Fsp3) is 0.267. The molecule has 112 valence electrons. The molecular formula is C15H19N3O2S. The summed E-state index contributed by atoms with van der Waals surface area (Å²) in [5.74, 6) is -0.0306. The lowest BCUT2D eigenvalue weighted by Gasteiger charge is -2.08. The fourth-order valence-electron chi connectivity index (χ4n) is 2.02. The van der Waals surface area contributed by atoms with Gasteiger partial charge in [0.15, 0.2) is 0 Å². The van der Waals surface area contributed by atoms with Crippen LogP contribution < -0.4 is 10.5 Å². The van der Waals surface area contributed by atoms with Crippen LogP contribution in [0.1, 0.15) is 16.7 Å². The Hall–Kier alpha value is -1.76. The number of nitrogens with two attached hydrogens (primary N) is 1. The summed E-state index contributed by atoms with van der Waals surface area (Å²) >= 11 is 0. The first kappa shape index (κ1) is 15.6. The monoisotopic (exact) mass is 305 g/mol. The lowest BCUT2D eigenvalue weighted by atomic mass is 10.1. The summed E-state index contributed by atoms with van der Waals surface area (Å²) in [5, 5.41) is 0. The number of rotatable bonds is 7. The van der Waals surface area contributed by atoms with Crippen LogP contribution in [0.25, 0.3) is 0 Å². The van der Waals surface area contributed by atoms with E-state index in [0.29, 0.717) is 19.5 Å². The molecule has 0 atom stereocenters. The van der Waals surface area contributed by atoms with Crippen molar-refractivity contribution in [3.05, 3.63) is 65.5 Å². The minimum atomic E-state index is -3.34. The number of aromatic nitrogens is 1. The molecule has 3 N–H and O–H groups in total. The Balaban J connectivity index is 1.89. The Morgan fingerprint density at radius 1 is 1.05 bits per heavy atom. The minimum Gasteiger partial charge on any atom is -0.326 e. The summed E-state index contributed by atoms with van der Waals surface area (Å²) in [5.41, 5.74) is 8.29. The summed E-state index contributed by atoms with van der Waals surface area (Å²) in [6.07, 6.45) is 4.04. The van der Waals surface area contributed by atoms with Gasteiger partial charge in [0.1, 0.15) is 0 Å². The van der Waals surface area contributed by atoms with Gasteiger partial charge in [0.05, 0.1) is 5.75 Å². The third kappa shape index (κ3) is 5.26. The van der Waals surface area contributed by atoms with Crippen molar-refractivity contribution < 1.29 is 8.42 Å². The molecule has 0 aliphatic rings. The molecule has 0 aliphatic carbocycles. The molecule has 0 saturated heterocycles. The van der Waals surface area contributed by atoms with E-state index in [0.717, 1.165) is 16.7 Å². The lowest BCUT2D eigenvalue weighted by molar-refractivity contribution is 0.581. The van der Waals surface area contributed by atoms with E-state index in [1.165, 1.54) is 0 Å². The first-order valence-corrected chi connectivity index (χ1v) is 8.38. The van der Waals surface area contributed by atoms with Crippen molar-refractivity contribution in [2.45, 2.75) is 18.7 Å². The van der Waals surface area contributed by atoms with Crippen LogP contribution in [0.2, 0.25) is 0 Å². The standard InChI is InChI=1S/C15H19N3O2S/c16-11-14-2-1-3-15(10-14)12-21(19,20)18-9-6-13-4-7-17-8-5-13/h1-5,7-8,10,18H,6,9,11-12,16H2. The molecule has 1 aromatic carbocycles. The Morgan fingerprint density at radius 2 is 1.76 bits per heavy atom. The molecule has 0 fully saturated rings. The lowest BCUT2D eigenvalue weighted by Crippen LogP contribution is -2.27. The van der Waals surface area contributed by atoms with E-state index in [1.807, 2.05) is 30.3 Å². The number of nitrogens with zero attached hydrogens (tertiary/aromatic N) is 1. The van der Waals surface area contributed by atoms with Crippen molar-refractivity contribution in [1.82, 2.24) is 9.71 Å². The van der Waals surface area contributed by atoms with Gasteiger partial charge in [0, 0.05) is 25.5 Å². The average molecular weight is 305 g/mol. The van der Waals surface area contributed by atoms with E-state index >= 15 is 0 Å². The highest BCUT2D eigenvalue weighted by Crippen LogP contribution is 2.08. The predicted molar refractivity (Wildman–Crippen MR) is 82.9 cm³/mol. The average Bonchev–Trinajstić information content (AvgIpc) is 2.48. The van der Waals surface area contributed by atoms with E-state index in [9.17, 15) is 8.42 Å². The zero-order valence-electron chi connectivity index (χ0n) is 11.7. The van der Waals surface area contributed by atoms with Gasteiger partial charge in [-0.05, 0) is 35.2 Å². The van der Waals surface area contributed by atoms with Gasteiger partial charge >= 0.3 is 0 Å². The van der Waals surface area contributed by atoms with Gasteiger partial charge < -0.3 is 5.73 Å². The van der Waals surface area contributed by atoms with E-state index in [-0.39, 0.29) is 5.75 Å². The van der Waals surface area contributed by atoms with E-state index in [1.54, 1.807) is 18.5 Å². The van der Waals surface area contributed by atoms with E-state index in [4.69, 9.17) is 5.73 Å². The maximum atomic E-state index is 12.0. The highest BCUT2D eigenvalue weighted by Gasteiger charge is 2.11. The van der Waals surface area contributed by atoms with Crippen LogP contribution in [0.3, 0.4) is 0 Å². The van der Waals surface area contributed by atoms with Crippen LogP contribution in [0.5, 0.6) is 0 Å². The van der Waals surface area contributed by atoms with Gasteiger partial charge in [-0.15, -0.1) is 0 Å². The van der Waals surface area contributed by atoms with Gasteiger partial charge in [0.25, 0.3) is 0 Å². The summed E-state index contributed by atoms with van der Waals surface area (Å²) in [7, 11) is -3.34. The molecule has 0 radical (unpaired) electrons. The molecule has 0 unspecified atom stereocenters. The Morgan fingerprint density at radius 3 is 2.48 bits per heavy atom. The maximum absolute atomic E-state index is 12.0. The molecule has 0 bridgehead atoms. The molecule has 0 aliphatic heterocycles. The molecule has 1 heterocycles. The highest BCUT2D eigenvalue weighted by atomic mass is 32.2. The van der Waals surface area contributed by atoms with E-state index < -0.39 is 10.0 Å². The molecule has 6 heteroatoms. The molecule has 2 rings (SSSR count). The molecule has 0 amide bonds. The summed E-state index contributed by atoms with van der Waals surface area (Å²) in [6.45, 7) is 0.784. The molecule has 21 heavy (non-hydrogen) atoms. The summed E-state index contributed by atoms with van der Waals surface area (Å²) < 4.78 is 26.7. The van der Waals surface area contributed by atoms with Crippen LogP contribution >= 0.6 is 0 Å². The molecule has 0 spiro atoms. The van der Waals surface area contributed by atoms with Crippen LogP contribution in [0, 0.1) is 0 Å². The smallest absolute Gasteiger partial charge is 0.215 e. The van der Waals surface area contributed by atoms with Crippen LogP contribution in [-0.4, -0.2) is 19.9 Å². The van der Waals surface area contributed by atoms with Crippen LogP contribution in [-0.2, 0) is 28.7 Å². The van der Waals surface area contributed by atoms with Crippen molar-refractivity contribution in [2.24, 2.45) is 5.73 Å². The molecule has 5 nitrogen and oxygen atoms in total. The van der Waals surface area contributed by atoms with Crippen LogP contribution in [0.4, 0.5) is 0 Å². The van der Waals surface area contributed by atoms with Gasteiger partial charge in [-0.25, -0.2) is 13.1 Å². The number of benzene rings is 1. The molecule has 0 saturated carbocycles. The quantitative estimate of drug-likeness (QED) is 0.805. The second-order valence-corrected chi connectivity index (χ2v) is 6.59. The molecular weight excluding hydrogens is 286 g/mol. The largest absolute Gasteiger partial charge is 0.326 e. The topological polar surface area (TPSA) is 85.1 Å². The third-order valence-corrected chi connectivity index (χ3v) is 4.43. The number of pyridine rings is 1. The fourth-order valence-corrected chi connectivity index (χ4v) is 3.15. The number of hydrogen-bond acceptors (Lipinski definition) is 4. The van der Waals surface area contributed by atoms with Crippen molar-refractivity contribution in [2.75, 3.05) is 6.54 Å². The van der Waals surface area contributed by atoms with Crippen molar-refractivity contribution >= 4 is 10.0 Å². The SMILES string of the molecule is NCc1cccc(CS(=O)(=O)NCCc2ccncc2)c1. The van der Waals surface area contributed by atoms with Crippen LogP contribution in [0.15, 0.2) is 48.8 Å². The number of nitrogens with one attached hydrogen (secondary N) is 1. The Kier molecular flexibility index (Phi) is 5.44. The predicted octanol–water partition coefficient (Wildman–Crippen LogP) is 1.20. The second kappa shape index (κ2) is 7.31. The summed E-state index contributed by atoms with van der Waals surface area (Å²) in [4.78, 5) is 3.93. The molecule has 2 aromatic rings. The normalized spacial score (nSPS) is 11.5. The van der Waals surface area contributed by atoms with Crippen molar-refractivity contribution in [1.29, 1.82) is 0 Å². The van der Waals surface area contributed by atoms with E-state index in [2.05, 4.69) is 9.71 Å². The van der Waals surface area contributed by atoms with Gasteiger partial charge in [-0.1, -0.05) is 24.3 Å². The number of sulfonamides is 1.